The smallest absolute Gasteiger partial charge is 0.227 e. The molecule has 0 saturated heterocycles. The Balaban J connectivity index is 1.06. The van der Waals surface area contributed by atoms with Gasteiger partial charge in [0.2, 0.25) is 5.89 Å². The fraction of sp³-hybridized carbons (Fsp3) is 0. The summed E-state index contributed by atoms with van der Waals surface area (Å²) in [5.41, 5.74) is 12.9. The predicted octanol–water partition coefficient (Wildman–Crippen LogP) is 10.1. The van der Waals surface area contributed by atoms with E-state index in [1.807, 2.05) is 66.7 Å². The van der Waals surface area contributed by atoms with Crippen LogP contribution in [-0.2, 0) is 0 Å². The number of fused-ring (bicyclic) bond motifs is 2. The minimum atomic E-state index is 0.636. The van der Waals surface area contributed by atoms with E-state index in [0.29, 0.717) is 5.89 Å². The second-order valence-electron chi connectivity index (χ2n) is 10.5. The normalized spacial score (nSPS) is 11.3. The van der Waals surface area contributed by atoms with Gasteiger partial charge in [-0.15, -0.1) is 0 Å². The molecule has 2 heterocycles. The van der Waals surface area contributed by atoms with Gasteiger partial charge < -0.3 is 4.42 Å². The van der Waals surface area contributed by atoms with Crippen LogP contribution < -0.4 is 0 Å². The van der Waals surface area contributed by atoms with Crippen LogP contribution in [0.1, 0.15) is 0 Å². The maximum Gasteiger partial charge on any atom is 0.227 e. The Hall–Kier alpha value is -5.87. The van der Waals surface area contributed by atoms with Crippen molar-refractivity contribution in [3.63, 3.8) is 0 Å². The highest BCUT2D eigenvalue weighted by atomic mass is 16.3. The van der Waals surface area contributed by atoms with Gasteiger partial charge in [0.1, 0.15) is 5.52 Å². The van der Waals surface area contributed by atoms with Crippen LogP contribution in [0, 0.1) is 0 Å². The van der Waals surface area contributed by atoms with Crippen molar-refractivity contribution in [2.75, 3.05) is 0 Å². The Morgan fingerprint density at radius 3 is 1.21 bits per heavy atom. The molecule has 4 heteroatoms. The molecule has 0 amide bonds. The van der Waals surface area contributed by atoms with E-state index in [9.17, 15) is 0 Å². The number of aromatic nitrogens is 3. The maximum atomic E-state index is 5.93. The van der Waals surface area contributed by atoms with Crippen LogP contribution in [0.3, 0.4) is 0 Å². The average Bonchev–Trinajstić information content (AvgIpc) is 3.53. The van der Waals surface area contributed by atoms with E-state index in [2.05, 4.69) is 89.9 Å². The number of hydrogen-bond acceptors (Lipinski definition) is 4. The Labute approximate surface area is 249 Å². The fourth-order valence-corrected chi connectivity index (χ4v) is 5.48. The molecule has 0 unspecified atom stereocenters. The van der Waals surface area contributed by atoms with Crippen molar-refractivity contribution >= 4 is 22.1 Å². The summed E-state index contributed by atoms with van der Waals surface area (Å²) in [5.74, 6) is 0.636. The van der Waals surface area contributed by atoms with Gasteiger partial charge in [-0.3, -0.25) is 0 Å². The first kappa shape index (κ1) is 24.9. The molecule has 202 valence electrons. The Kier molecular flexibility index (Phi) is 6.08. The van der Waals surface area contributed by atoms with Gasteiger partial charge in [0.15, 0.2) is 5.58 Å². The number of nitrogens with zero attached hydrogens (tertiary/aromatic N) is 3. The molecule has 8 rings (SSSR count). The number of hydrogen-bond donors (Lipinski definition) is 0. The summed E-state index contributed by atoms with van der Waals surface area (Å²) in [6.07, 6.45) is 0. The zero-order chi connectivity index (χ0) is 28.6. The third-order valence-electron chi connectivity index (χ3n) is 7.75. The van der Waals surface area contributed by atoms with Crippen molar-refractivity contribution in [2.24, 2.45) is 0 Å². The lowest BCUT2D eigenvalue weighted by Crippen LogP contribution is -1.95. The van der Waals surface area contributed by atoms with Crippen molar-refractivity contribution in [2.45, 2.75) is 0 Å². The van der Waals surface area contributed by atoms with Crippen molar-refractivity contribution in [1.82, 2.24) is 15.0 Å². The standard InChI is InChI=1S/C39H25N3O/c1-2-8-30(9-3-1)37-38(41-34-11-5-4-10-33(34)40-37)31-22-18-28(19-23-31)26-14-16-27(17-15-26)29-20-24-32(25-21-29)39-42-35-12-6-7-13-36(35)43-39/h1-25H. The van der Waals surface area contributed by atoms with Gasteiger partial charge >= 0.3 is 0 Å². The molecular weight excluding hydrogens is 526 g/mol. The summed E-state index contributed by atoms with van der Waals surface area (Å²) < 4.78 is 5.93. The Morgan fingerprint density at radius 2 is 0.698 bits per heavy atom. The number of rotatable bonds is 5. The van der Waals surface area contributed by atoms with E-state index in [-0.39, 0.29) is 0 Å². The molecular formula is C39H25N3O. The van der Waals surface area contributed by atoms with Crippen molar-refractivity contribution < 1.29 is 4.42 Å². The van der Waals surface area contributed by atoms with Crippen molar-refractivity contribution in [3.8, 4) is 56.2 Å². The molecule has 8 aromatic rings. The monoisotopic (exact) mass is 551 g/mol. The minimum Gasteiger partial charge on any atom is -0.436 e. The van der Waals surface area contributed by atoms with Gasteiger partial charge in [0, 0.05) is 16.7 Å². The lowest BCUT2D eigenvalue weighted by atomic mass is 9.97. The van der Waals surface area contributed by atoms with E-state index >= 15 is 0 Å². The molecule has 0 bridgehead atoms. The van der Waals surface area contributed by atoms with Crippen LogP contribution in [0.25, 0.3) is 78.4 Å². The maximum absolute atomic E-state index is 5.93. The second-order valence-corrected chi connectivity index (χ2v) is 10.5. The predicted molar refractivity (Wildman–Crippen MR) is 174 cm³/mol. The van der Waals surface area contributed by atoms with Crippen LogP contribution in [0.4, 0.5) is 0 Å². The number of para-hydroxylation sites is 4. The summed E-state index contributed by atoms with van der Waals surface area (Å²) in [6.45, 7) is 0. The van der Waals surface area contributed by atoms with Gasteiger partial charge in [0.25, 0.3) is 0 Å². The fourth-order valence-electron chi connectivity index (χ4n) is 5.48. The highest BCUT2D eigenvalue weighted by Crippen LogP contribution is 2.33. The van der Waals surface area contributed by atoms with Crippen LogP contribution in [0.5, 0.6) is 0 Å². The lowest BCUT2D eigenvalue weighted by molar-refractivity contribution is 0.620. The summed E-state index contributed by atoms with van der Waals surface area (Å²) >= 11 is 0. The third-order valence-corrected chi connectivity index (χ3v) is 7.75. The van der Waals surface area contributed by atoms with Crippen molar-refractivity contribution in [3.05, 3.63) is 152 Å². The Morgan fingerprint density at radius 1 is 0.302 bits per heavy atom. The third kappa shape index (κ3) is 4.75. The lowest BCUT2D eigenvalue weighted by Gasteiger charge is -2.11. The molecule has 0 radical (unpaired) electrons. The number of oxazole rings is 1. The zero-order valence-electron chi connectivity index (χ0n) is 23.2. The van der Waals surface area contributed by atoms with Crippen LogP contribution >= 0.6 is 0 Å². The topological polar surface area (TPSA) is 51.8 Å². The van der Waals surface area contributed by atoms with Gasteiger partial charge in [-0.05, 0) is 58.7 Å². The quantitative estimate of drug-likeness (QED) is 0.214. The summed E-state index contributed by atoms with van der Waals surface area (Å²) in [5, 5.41) is 0. The first-order valence-electron chi connectivity index (χ1n) is 14.3. The first-order chi connectivity index (χ1) is 21.3. The average molecular weight is 552 g/mol. The van der Waals surface area contributed by atoms with Crippen molar-refractivity contribution in [1.29, 1.82) is 0 Å². The minimum absolute atomic E-state index is 0.636. The highest BCUT2D eigenvalue weighted by molar-refractivity contribution is 5.87. The number of benzene rings is 6. The van der Waals surface area contributed by atoms with Gasteiger partial charge in [-0.2, -0.15) is 0 Å². The summed E-state index contributed by atoms with van der Waals surface area (Å²) in [6, 6.07) is 51.7. The van der Waals surface area contributed by atoms with Gasteiger partial charge in [0.05, 0.1) is 22.4 Å². The molecule has 43 heavy (non-hydrogen) atoms. The first-order valence-corrected chi connectivity index (χ1v) is 14.3. The van der Waals surface area contributed by atoms with Crippen LogP contribution in [0.2, 0.25) is 0 Å². The molecule has 0 fully saturated rings. The molecule has 4 nitrogen and oxygen atoms in total. The van der Waals surface area contributed by atoms with E-state index < -0.39 is 0 Å². The molecule has 0 atom stereocenters. The molecule has 6 aromatic carbocycles. The zero-order valence-corrected chi connectivity index (χ0v) is 23.2. The van der Waals surface area contributed by atoms with Crippen LogP contribution in [-0.4, -0.2) is 15.0 Å². The second kappa shape index (κ2) is 10.5. The van der Waals surface area contributed by atoms with Gasteiger partial charge in [-0.1, -0.05) is 115 Å². The van der Waals surface area contributed by atoms with E-state index in [1.165, 1.54) is 0 Å². The van der Waals surface area contributed by atoms with Crippen LogP contribution in [0.15, 0.2) is 156 Å². The summed E-state index contributed by atoms with van der Waals surface area (Å²) in [7, 11) is 0. The van der Waals surface area contributed by atoms with Gasteiger partial charge in [-0.25, -0.2) is 15.0 Å². The van der Waals surface area contributed by atoms with E-state index in [0.717, 1.165) is 72.5 Å². The SMILES string of the molecule is c1ccc(-c2nc3ccccc3nc2-c2ccc(-c3ccc(-c4ccc(-c5nc6ccccc6o5)cc4)cc3)cc2)cc1. The molecule has 0 N–H and O–H groups in total. The largest absolute Gasteiger partial charge is 0.436 e. The molecule has 0 saturated carbocycles. The molecule has 0 spiro atoms. The molecule has 0 aliphatic carbocycles. The molecule has 2 aromatic heterocycles. The Bertz CT molecular complexity index is 2170. The summed E-state index contributed by atoms with van der Waals surface area (Å²) in [4.78, 5) is 14.7. The molecule has 0 aliphatic heterocycles. The molecule has 0 aliphatic rings. The highest BCUT2D eigenvalue weighted by Gasteiger charge is 2.14. The van der Waals surface area contributed by atoms with E-state index in [1.54, 1.807) is 0 Å². The van der Waals surface area contributed by atoms with E-state index in [4.69, 9.17) is 14.4 Å².